The Hall–Kier alpha value is -1.91. The number of hydrogen-bond donors (Lipinski definition) is 0. The SMILES string of the molecule is CC(=C=O)CC(=O)N(Cc1ccccc1)c1ccccc1I. The number of anilines is 1. The minimum atomic E-state index is -0.103. The molecule has 1 amide bonds. The average molecular weight is 405 g/mol. The van der Waals surface area contributed by atoms with Crippen LogP contribution in [0.5, 0.6) is 0 Å². The largest absolute Gasteiger partial charge is 0.307 e. The summed E-state index contributed by atoms with van der Waals surface area (Å²) < 4.78 is 0.997. The van der Waals surface area contributed by atoms with Gasteiger partial charge in [-0.05, 0) is 47.2 Å². The number of hydrogen-bond acceptors (Lipinski definition) is 2. The molecule has 0 heterocycles. The summed E-state index contributed by atoms with van der Waals surface area (Å²) in [4.78, 5) is 25.0. The Morgan fingerprint density at radius 3 is 2.36 bits per heavy atom. The predicted molar refractivity (Wildman–Crippen MR) is 96.3 cm³/mol. The van der Waals surface area contributed by atoms with Gasteiger partial charge in [-0.3, -0.25) is 4.79 Å². The highest BCUT2D eigenvalue weighted by atomic mass is 127. The van der Waals surface area contributed by atoms with Gasteiger partial charge in [0.25, 0.3) is 0 Å². The lowest BCUT2D eigenvalue weighted by molar-refractivity contribution is -0.118. The molecule has 0 spiro atoms. The number of nitrogens with zero attached hydrogens (tertiary/aromatic N) is 1. The van der Waals surface area contributed by atoms with E-state index in [1.807, 2.05) is 54.6 Å². The molecule has 0 radical (unpaired) electrons. The van der Waals surface area contributed by atoms with Crippen molar-refractivity contribution in [2.75, 3.05) is 4.90 Å². The lowest BCUT2D eigenvalue weighted by Gasteiger charge is -2.24. The number of para-hydroxylation sites is 1. The first-order valence-corrected chi connectivity index (χ1v) is 7.99. The molecule has 4 heteroatoms. The molecule has 0 aliphatic carbocycles. The van der Waals surface area contributed by atoms with Crippen molar-refractivity contribution in [2.45, 2.75) is 19.9 Å². The van der Waals surface area contributed by atoms with Gasteiger partial charge in [0, 0.05) is 9.14 Å². The zero-order valence-electron chi connectivity index (χ0n) is 12.3. The summed E-state index contributed by atoms with van der Waals surface area (Å²) in [5.74, 6) is 1.69. The van der Waals surface area contributed by atoms with Gasteiger partial charge in [0.05, 0.1) is 18.7 Å². The molecule has 0 atom stereocenters. The quantitative estimate of drug-likeness (QED) is 0.557. The highest BCUT2D eigenvalue weighted by Gasteiger charge is 2.18. The minimum Gasteiger partial charge on any atom is -0.307 e. The van der Waals surface area contributed by atoms with Crippen molar-refractivity contribution in [3.05, 3.63) is 69.3 Å². The molecule has 0 saturated heterocycles. The maximum atomic E-state index is 12.6. The van der Waals surface area contributed by atoms with E-state index in [1.165, 1.54) is 0 Å². The van der Waals surface area contributed by atoms with Gasteiger partial charge in [-0.1, -0.05) is 42.5 Å². The van der Waals surface area contributed by atoms with E-state index in [4.69, 9.17) is 0 Å². The van der Waals surface area contributed by atoms with E-state index in [9.17, 15) is 9.59 Å². The monoisotopic (exact) mass is 405 g/mol. The molecule has 22 heavy (non-hydrogen) atoms. The van der Waals surface area contributed by atoms with E-state index in [0.717, 1.165) is 14.8 Å². The lowest BCUT2D eigenvalue weighted by Crippen LogP contribution is -2.31. The minimum absolute atomic E-state index is 0.0846. The van der Waals surface area contributed by atoms with Gasteiger partial charge >= 0.3 is 0 Å². The summed E-state index contributed by atoms with van der Waals surface area (Å²) in [6, 6.07) is 17.5. The topological polar surface area (TPSA) is 37.4 Å². The van der Waals surface area contributed by atoms with Crippen LogP contribution >= 0.6 is 22.6 Å². The average Bonchev–Trinajstić information content (AvgIpc) is 2.54. The highest BCUT2D eigenvalue weighted by molar-refractivity contribution is 14.1. The third-order valence-corrected chi connectivity index (χ3v) is 4.13. The summed E-state index contributed by atoms with van der Waals surface area (Å²) in [7, 11) is 0. The first-order valence-electron chi connectivity index (χ1n) is 6.91. The van der Waals surface area contributed by atoms with E-state index >= 15 is 0 Å². The zero-order valence-corrected chi connectivity index (χ0v) is 14.4. The summed E-state index contributed by atoms with van der Waals surface area (Å²) in [6.07, 6.45) is 0.0846. The Balaban J connectivity index is 2.34. The first-order chi connectivity index (χ1) is 10.6. The van der Waals surface area contributed by atoms with Crippen molar-refractivity contribution >= 4 is 40.1 Å². The van der Waals surface area contributed by atoms with Crippen molar-refractivity contribution < 1.29 is 9.59 Å². The molecule has 0 unspecified atom stereocenters. The van der Waals surface area contributed by atoms with Crippen LogP contribution in [0, 0.1) is 3.57 Å². The van der Waals surface area contributed by atoms with Crippen LogP contribution in [0.15, 0.2) is 60.2 Å². The number of carbonyl (C=O) groups is 1. The van der Waals surface area contributed by atoms with Gasteiger partial charge in [0.15, 0.2) is 0 Å². The summed E-state index contributed by atoms with van der Waals surface area (Å²) in [5, 5.41) is 0. The lowest BCUT2D eigenvalue weighted by atomic mass is 10.1. The standard InChI is InChI=1S/C18H16INO2/c1-14(13-21)11-18(22)20(12-15-7-3-2-4-8-15)17-10-6-5-9-16(17)19/h2-10H,11-12H2,1H3. The molecule has 0 bridgehead atoms. The molecule has 2 rings (SSSR count). The van der Waals surface area contributed by atoms with E-state index in [-0.39, 0.29) is 12.3 Å². The van der Waals surface area contributed by atoms with Crippen LogP contribution < -0.4 is 4.90 Å². The van der Waals surface area contributed by atoms with Crippen LogP contribution in [-0.2, 0) is 16.1 Å². The summed E-state index contributed by atoms with van der Waals surface area (Å²) in [6.45, 7) is 2.10. The Labute approximate surface area is 143 Å². The molecule has 0 aromatic heterocycles. The molecule has 2 aromatic carbocycles. The zero-order chi connectivity index (χ0) is 15.9. The van der Waals surface area contributed by atoms with Crippen LogP contribution in [0.25, 0.3) is 0 Å². The number of halogens is 1. The van der Waals surface area contributed by atoms with Gasteiger partial charge in [-0.25, -0.2) is 4.79 Å². The van der Waals surface area contributed by atoms with Gasteiger partial charge < -0.3 is 4.90 Å². The van der Waals surface area contributed by atoms with Gasteiger partial charge in [-0.15, -0.1) is 0 Å². The fourth-order valence-electron chi connectivity index (χ4n) is 2.10. The van der Waals surface area contributed by atoms with Crippen molar-refractivity contribution in [3.63, 3.8) is 0 Å². The molecule has 0 N–H and O–H groups in total. The highest BCUT2D eigenvalue weighted by Crippen LogP contribution is 2.25. The van der Waals surface area contributed by atoms with Crippen molar-refractivity contribution in [2.24, 2.45) is 0 Å². The Kier molecular flexibility index (Phi) is 5.92. The van der Waals surface area contributed by atoms with E-state index < -0.39 is 0 Å². The third kappa shape index (κ3) is 4.29. The number of amides is 1. The normalized spacial score (nSPS) is 9.91. The van der Waals surface area contributed by atoms with E-state index in [1.54, 1.807) is 17.8 Å². The van der Waals surface area contributed by atoms with Crippen LogP contribution in [-0.4, -0.2) is 11.8 Å². The molecule has 3 nitrogen and oxygen atoms in total. The fourth-order valence-corrected chi connectivity index (χ4v) is 2.78. The van der Waals surface area contributed by atoms with E-state index in [2.05, 4.69) is 22.6 Å². The fraction of sp³-hybridized carbons (Fsp3) is 0.167. The smallest absolute Gasteiger partial charge is 0.232 e. The summed E-state index contributed by atoms with van der Waals surface area (Å²) >= 11 is 2.22. The second kappa shape index (κ2) is 7.92. The molecule has 0 saturated carbocycles. The Bertz CT molecular complexity index is 706. The second-order valence-electron chi connectivity index (χ2n) is 4.98. The molecule has 2 aromatic rings. The summed E-state index contributed by atoms with van der Waals surface area (Å²) in [5.41, 5.74) is 2.31. The van der Waals surface area contributed by atoms with Gasteiger partial charge in [0.1, 0.15) is 5.94 Å². The molecular weight excluding hydrogens is 389 g/mol. The molecule has 0 fully saturated rings. The van der Waals surface area contributed by atoms with Crippen molar-refractivity contribution in [1.29, 1.82) is 0 Å². The number of carbonyl (C=O) groups excluding carboxylic acids is 2. The van der Waals surface area contributed by atoms with Crippen LogP contribution in [0.3, 0.4) is 0 Å². The number of rotatable bonds is 5. The molecule has 0 aliphatic rings. The molecular formula is C18H16INO2. The second-order valence-corrected chi connectivity index (χ2v) is 6.14. The Morgan fingerprint density at radius 2 is 1.73 bits per heavy atom. The maximum absolute atomic E-state index is 12.6. The van der Waals surface area contributed by atoms with Crippen molar-refractivity contribution in [3.8, 4) is 0 Å². The van der Waals surface area contributed by atoms with Gasteiger partial charge in [-0.2, -0.15) is 0 Å². The van der Waals surface area contributed by atoms with Crippen molar-refractivity contribution in [1.82, 2.24) is 0 Å². The van der Waals surface area contributed by atoms with E-state index in [0.29, 0.717) is 12.1 Å². The third-order valence-electron chi connectivity index (χ3n) is 3.22. The van der Waals surface area contributed by atoms with Crippen LogP contribution in [0.1, 0.15) is 18.9 Å². The first kappa shape index (κ1) is 16.5. The van der Waals surface area contributed by atoms with Crippen LogP contribution in [0.2, 0.25) is 0 Å². The maximum Gasteiger partial charge on any atom is 0.232 e. The molecule has 0 aliphatic heterocycles. The van der Waals surface area contributed by atoms with Crippen LogP contribution in [0.4, 0.5) is 5.69 Å². The predicted octanol–water partition coefficient (Wildman–Crippen LogP) is 3.99. The van der Waals surface area contributed by atoms with Gasteiger partial charge in [0.2, 0.25) is 5.91 Å². The number of benzene rings is 2. The Morgan fingerprint density at radius 1 is 1.09 bits per heavy atom. The molecule has 112 valence electrons.